The molecule has 0 atom stereocenters. The number of anilines is 1. The molecule has 0 unspecified atom stereocenters. The lowest BCUT2D eigenvalue weighted by Crippen LogP contribution is -2.25. The average molecular weight is 327 g/mol. The molecule has 0 heterocycles. The maximum Gasteiger partial charge on any atom is 0.573 e. The number of benzene rings is 1. The Balaban J connectivity index is 3.18. The number of rotatable bonds is 3. The summed E-state index contributed by atoms with van der Waals surface area (Å²) in [6.07, 6.45) is -4.87. The minimum Gasteiger partial charge on any atom is -0.404 e. The fraction of sp³-hybridized carbons (Fsp3) is 0.300. The number of alkyl halides is 3. The van der Waals surface area contributed by atoms with Crippen LogP contribution in [0.3, 0.4) is 0 Å². The number of amides is 1. The number of carbonyl (C=O) groups excluding carboxylic acids is 1. The molecule has 0 aliphatic rings. The lowest BCUT2D eigenvalue weighted by Gasteiger charge is -2.14. The van der Waals surface area contributed by atoms with Gasteiger partial charge >= 0.3 is 6.36 Å². The number of carbonyl (C=O) groups is 1. The van der Waals surface area contributed by atoms with Crippen LogP contribution in [0.25, 0.3) is 0 Å². The second kappa shape index (κ2) is 5.47. The molecule has 0 fully saturated rings. The van der Waals surface area contributed by atoms with E-state index in [1.807, 2.05) is 0 Å². The van der Waals surface area contributed by atoms with Crippen LogP contribution in [0.4, 0.5) is 18.9 Å². The van der Waals surface area contributed by atoms with Crippen molar-refractivity contribution in [3.05, 3.63) is 22.2 Å². The summed E-state index contributed by atoms with van der Waals surface area (Å²) in [6, 6.07) is 2.37. The summed E-state index contributed by atoms with van der Waals surface area (Å²) in [5.41, 5.74) is 5.05. The van der Waals surface area contributed by atoms with Crippen LogP contribution in [-0.2, 0) is 0 Å². The first kappa shape index (κ1) is 14.6. The van der Waals surface area contributed by atoms with Crippen LogP contribution in [0.2, 0.25) is 0 Å². The third kappa shape index (κ3) is 3.80. The highest BCUT2D eigenvalue weighted by atomic mass is 79.9. The molecule has 0 aliphatic carbocycles. The van der Waals surface area contributed by atoms with E-state index in [9.17, 15) is 18.0 Å². The van der Waals surface area contributed by atoms with Gasteiger partial charge in [-0.1, -0.05) is 15.9 Å². The lowest BCUT2D eigenvalue weighted by molar-refractivity contribution is -0.274. The van der Waals surface area contributed by atoms with E-state index >= 15 is 0 Å². The number of ether oxygens (including phenoxy) is 1. The SMILES string of the molecule is CCNC(=O)c1cc(Br)cc(OC(F)(F)F)c1N. The molecule has 4 nitrogen and oxygen atoms in total. The van der Waals surface area contributed by atoms with Crippen LogP contribution in [0.1, 0.15) is 17.3 Å². The van der Waals surface area contributed by atoms with Gasteiger partial charge in [0.2, 0.25) is 0 Å². The highest BCUT2D eigenvalue weighted by molar-refractivity contribution is 9.10. The van der Waals surface area contributed by atoms with Crippen molar-refractivity contribution < 1.29 is 22.7 Å². The third-order valence-corrected chi connectivity index (χ3v) is 2.37. The van der Waals surface area contributed by atoms with Crippen LogP contribution in [0.5, 0.6) is 5.75 Å². The largest absolute Gasteiger partial charge is 0.573 e. The molecule has 0 spiro atoms. The molecule has 1 amide bonds. The molecule has 0 aromatic heterocycles. The van der Waals surface area contributed by atoms with Gasteiger partial charge in [-0.05, 0) is 19.1 Å². The first-order chi connectivity index (χ1) is 8.24. The molecule has 0 saturated heterocycles. The van der Waals surface area contributed by atoms with Gasteiger partial charge in [-0.2, -0.15) is 0 Å². The van der Waals surface area contributed by atoms with Crippen LogP contribution in [0.15, 0.2) is 16.6 Å². The van der Waals surface area contributed by atoms with Gasteiger partial charge in [-0.3, -0.25) is 4.79 Å². The molecule has 0 aliphatic heterocycles. The van der Waals surface area contributed by atoms with Crippen molar-refractivity contribution >= 4 is 27.5 Å². The number of nitrogens with one attached hydrogen (secondary N) is 1. The lowest BCUT2D eigenvalue weighted by atomic mass is 10.1. The highest BCUT2D eigenvalue weighted by Crippen LogP contribution is 2.34. The molecule has 1 aromatic rings. The number of nitrogens with two attached hydrogens (primary N) is 1. The zero-order valence-electron chi connectivity index (χ0n) is 9.27. The maximum atomic E-state index is 12.1. The number of halogens is 4. The zero-order chi connectivity index (χ0) is 13.9. The van der Waals surface area contributed by atoms with Crippen LogP contribution >= 0.6 is 15.9 Å². The van der Waals surface area contributed by atoms with Gasteiger partial charge < -0.3 is 15.8 Å². The second-order valence-corrected chi connectivity index (χ2v) is 4.19. The minimum absolute atomic E-state index is 0.0783. The Morgan fingerprint density at radius 2 is 2.11 bits per heavy atom. The van der Waals surface area contributed by atoms with E-state index in [4.69, 9.17) is 5.73 Å². The van der Waals surface area contributed by atoms with Crippen molar-refractivity contribution in [1.29, 1.82) is 0 Å². The van der Waals surface area contributed by atoms with Crippen molar-refractivity contribution in [1.82, 2.24) is 5.32 Å². The Kier molecular flexibility index (Phi) is 4.44. The molecule has 0 bridgehead atoms. The Bertz CT molecular complexity index is 463. The van der Waals surface area contributed by atoms with E-state index in [-0.39, 0.29) is 15.7 Å². The number of nitrogen functional groups attached to an aromatic ring is 1. The van der Waals surface area contributed by atoms with Gasteiger partial charge in [0.1, 0.15) is 0 Å². The summed E-state index contributed by atoms with van der Waals surface area (Å²) < 4.78 is 40.4. The Morgan fingerprint density at radius 1 is 1.50 bits per heavy atom. The molecular weight excluding hydrogens is 317 g/mol. The van der Waals surface area contributed by atoms with Gasteiger partial charge in [0, 0.05) is 11.0 Å². The molecule has 0 saturated carbocycles. The minimum atomic E-state index is -4.87. The zero-order valence-corrected chi connectivity index (χ0v) is 10.9. The van der Waals surface area contributed by atoms with Crippen molar-refractivity contribution in [2.45, 2.75) is 13.3 Å². The van der Waals surface area contributed by atoms with E-state index < -0.39 is 18.0 Å². The highest BCUT2D eigenvalue weighted by Gasteiger charge is 2.32. The fourth-order valence-electron chi connectivity index (χ4n) is 1.25. The molecule has 1 rings (SSSR count). The summed E-state index contributed by atoms with van der Waals surface area (Å²) in [5, 5.41) is 2.44. The topological polar surface area (TPSA) is 64.3 Å². The number of hydrogen-bond acceptors (Lipinski definition) is 3. The van der Waals surface area contributed by atoms with Gasteiger partial charge in [-0.15, -0.1) is 13.2 Å². The predicted octanol–water partition coefficient (Wildman–Crippen LogP) is 2.68. The molecule has 100 valence electrons. The standard InChI is InChI=1S/C10H10BrF3N2O2/c1-2-16-9(17)6-3-5(11)4-7(8(6)15)18-10(12,13)14/h3-4H,2,15H2,1H3,(H,16,17). The summed E-state index contributed by atoms with van der Waals surface area (Å²) in [5.74, 6) is -1.18. The van der Waals surface area contributed by atoms with Gasteiger partial charge in [0.25, 0.3) is 5.91 Å². The smallest absolute Gasteiger partial charge is 0.404 e. The van der Waals surface area contributed by atoms with Crippen molar-refractivity contribution in [2.75, 3.05) is 12.3 Å². The van der Waals surface area contributed by atoms with E-state index in [2.05, 4.69) is 26.0 Å². The average Bonchev–Trinajstić information content (AvgIpc) is 2.21. The maximum absolute atomic E-state index is 12.1. The summed E-state index contributed by atoms with van der Waals surface area (Å²) in [7, 11) is 0. The van der Waals surface area contributed by atoms with Gasteiger partial charge in [0.15, 0.2) is 5.75 Å². The molecule has 1 aromatic carbocycles. The summed E-state index contributed by atoms with van der Waals surface area (Å²) in [6.45, 7) is 2.01. The van der Waals surface area contributed by atoms with Crippen LogP contribution in [-0.4, -0.2) is 18.8 Å². The predicted molar refractivity (Wildman–Crippen MR) is 63.2 cm³/mol. The van der Waals surface area contributed by atoms with E-state index in [1.54, 1.807) is 6.92 Å². The summed E-state index contributed by atoms with van der Waals surface area (Å²) in [4.78, 5) is 11.6. The van der Waals surface area contributed by atoms with Crippen molar-refractivity contribution in [3.8, 4) is 5.75 Å². The molecule has 0 radical (unpaired) electrons. The van der Waals surface area contributed by atoms with Crippen LogP contribution in [0, 0.1) is 0 Å². The van der Waals surface area contributed by atoms with Gasteiger partial charge in [0.05, 0.1) is 11.3 Å². The quantitative estimate of drug-likeness (QED) is 0.839. The van der Waals surface area contributed by atoms with Crippen LogP contribution < -0.4 is 15.8 Å². The van der Waals surface area contributed by atoms with Gasteiger partial charge in [-0.25, -0.2) is 0 Å². The van der Waals surface area contributed by atoms with E-state index in [0.717, 1.165) is 6.07 Å². The Morgan fingerprint density at radius 3 is 2.61 bits per heavy atom. The Labute approximate surface area is 109 Å². The monoisotopic (exact) mass is 326 g/mol. The molecule has 18 heavy (non-hydrogen) atoms. The second-order valence-electron chi connectivity index (χ2n) is 3.27. The molecular formula is C10H10BrF3N2O2. The van der Waals surface area contributed by atoms with Crippen molar-refractivity contribution in [3.63, 3.8) is 0 Å². The molecule has 8 heteroatoms. The van der Waals surface area contributed by atoms with E-state index in [0.29, 0.717) is 6.54 Å². The summed E-state index contributed by atoms with van der Waals surface area (Å²) >= 11 is 2.99. The first-order valence-corrected chi connectivity index (χ1v) is 5.67. The van der Waals surface area contributed by atoms with Crippen molar-refractivity contribution in [2.24, 2.45) is 0 Å². The normalized spacial score (nSPS) is 11.2. The Hall–Kier alpha value is -1.44. The number of hydrogen-bond donors (Lipinski definition) is 2. The third-order valence-electron chi connectivity index (χ3n) is 1.91. The van der Waals surface area contributed by atoms with E-state index in [1.165, 1.54) is 6.07 Å². The fourth-order valence-corrected chi connectivity index (χ4v) is 1.68. The first-order valence-electron chi connectivity index (χ1n) is 4.87. The molecule has 3 N–H and O–H groups in total.